The van der Waals surface area contributed by atoms with Crippen LogP contribution in [-0.2, 0) is 11.3 Å². The number of imidazole rings is 1. The van der Waals surface area contributed by atoms with E-state index in [4.69, 9.17) is 11.6 Å². The van der Waals surface area contributed by atoms with E-state index in [2.05, 4.69) is 66.4 Å². The molecular weight excluding hydrogens is 511 g/mol. The van der Waals surface area contributed by atoms with E-state index >= 15 is 0 Å². The summed E-state index contributed by atoms with van der Waals surface area (Å²) in [6.45, 7) is 0.614. The molecule has 2 unspecified atom stereocenters. The van der Waals surface area contributed by atoms with Crippen molar-refractivity contribution in [1.29, 1.82) is 0 Å². The molecule has 0 aliphatic carbocycles. The summed E-state index contributed by atoms with van der Waals surface area (Å²) >= 11 is 10.1. The molecule has 1 aliphatic rings. The number of anilines is 1. The number of rotatable bonds is 5. The topological polar surface area (TPSA) is 84.7 Å². The first-order valence-corrected chi connectivity index (χ1v) is 11.2. The second-order valence-electron chi connectivity index (χ2n) is 6.42. The van der Waals surface area contributed by atoms with Crippen LogP contribution < -0.4 is 10.6 Å². The minimum absolute atomic E-state index is 0.0529. The molecule has 1 aromatic carbocycles. The lowest BCUT2D eigenvalue weighted by molar-refractivity contribution is -0.120. The van der Waals surface area contributed by atoms with Crippen LogP contribution in [0.3, 0.4) is 0 Å². The van der Waals surface area contributed by atoms with Crippen LogP contribution in [0.15, 0.2) is 30.6 Å². The quantitative estimate of drug-likeness (QED) is 0.387. The molecule has 146 valence electrons. The van der Waals surface area contributed by atoms with Gasteiger partial charge in [0.1, 0.15) is 0 Å². The molecule has 1 aliphatic heterocycles. The third-order valence-electron chi connectivity index (χ3n) is 4.59. The van der Waals surface area contributed by atoms with Crippen LogP contribution in [0, 0.1) is 3.57 Å². The van der Waals surface area contributed by atoms with Gasteiger partial charge in [-0.25, -0.2) is 4.98 Å². The number of halogens is 2. The van der Waals surface area contributed by atoms with Gasteiger partial charge < -0.3 is 15.2 Å². The van der Waals surface area contributed by atoms with E-state index in [0.717, 1.165) is 18.4 Å². The standard InChI is InChI=1S/C18H18ClIN6OS/c1-21-17(27)12-5-6-13(28-12)26-9-23-14-15(24-18(19)25-16(14)26)22-8-10-3-2-4-11(20)7-10/h2-4,7,9,12-13H,5-6,8H2,1H3,(H,21,27)(H,22,24,25). The van der Waals surface area contributed by atoms with Gasteiger partial charge in [-0.15, -0.1) is 11.8 Å². The highest BCUT2D eigenvalue weighted by Gasteiger charge is 2.32. The van der Waals surface area contributed by atoms with Gasteiger partial charge in [-0.3, -0.25) is 4.79 Å². The van der Waals surface area contributed by atoms with Gasteiger partial charge >= 0.3 is 0 Å². The highest BCUT2D eigenvalue weighted by atomic mass is 127. The molecule has 2 atom stereocenters. The molecule has 1 amide bonds. The van der Waals surface area contributed by atoms with E-state index in [-0.39, 0.29) is 21.8 Å². The Morgan fingerprint density at radius 2 is 2.25 bits per heavy atom. The Hall–Kier alpha value is -1.59. The zero-order chi connectivity index (χ0) is 19.7. The first-order valence-electron chi connectivity index (χ1n) is 8.80. The summed E-state index contributed by atoms with van der Waals surface area (Å²) in [7, 11) is 1.67. The van der Waals surface area contributed by atoms with Gasteiger partial charge in [0.25, 0.3) is 0 Å². The Morgan fingerprint density at radius 1 is 1.39 bits per heavy atom. The minimum atomic E-state index is -0.0529. The number of amides is 1. The third-order valence-corrected chi connectivity index (χ3v) is 6.98. The summed E-state index contributed by atoms with van der Waals surface area (Å²) in [4.78, 5) is 25.2. The maximum absolute atomic E-state index is 11.9. The molecular formula is C18H18ClIN6OS. The smallest absolute Gasteiger partial charge is 0.232 e. The molecule has 0 saturated carbocycles. The second-order valence-corrected chi connectivity index (χ2v) is 9.39. The van der Waals surface area contributed by atoms with Gasteiger partial charge in [0.2, 0.25) is 11.2 Å². The van der Waals surface area contributed by atoms with Crippen molar-refractivity contribution in [2.45, 2.75) is 30.0 Å². The van der Waals surface area contributed by atoms with Crippen LogP contribution >= 0.6 is 46.0 Å². The Balaban J connectivity index is 1.59. The van der Waals surface area contributed by atoms with Crippen molar-refractivity contribution in [2.24, 2.45) is 0 Å². The van der Waals surface area contributed by atoms with Gasteiger partial charge in [0.15, 0.2) is 17.0 Å². The number of hydrogen-bond donors (Lipinski definition) is 2. The fraction of sp³-hybridized carbons (Fsp3) is 0.333. The van der Waals surface area contributed by atoms with Crippen molar-refractivity contribution < 1.29 is 4.79 Å². The summed E-state index contributed by atoms with van der Waals surface area (Å²) < 4.78 is 3.17. The van der Waals surface area contributed by atoms with Gasteiger partial charge in [-0.1, -0.05) is 12.1 Å². The normalized spacial score (nSPS) is 19.1. The first-order chi connectivity index (χ1) is 13.5. The molecule has 0 bridgehead atoms. The Kier molecular flexibility index (Phi) is 5.93. The zero-order valence-electron chi connectivity index (χ0n) is 15.0. The van der Waals surface area contributed by atoms with E-state index in [1.54, 1.807) is 25.1 Å². The average molecular weight is 529 g/mol. The predicted octanol–water partition coefficient (Wildman–Crippen LogP) is 3.84. The summed E-state index contributed by atoms with van der Waals surface area (Å²) in [6.07, 6.45) is 3.46. The van der Waals surface area contributed by atoms with E-state index in [9.17, 15) is 4.79 Å². The highest BCUT2D eigenvalue weighted by Crippen LogP contribution is 2.42. The number of benzene rings is 1. The minimum Gasteiger partial charge on any atom is -0.364 e. The summed E-state index contributed by atoms with van der Waals surface area (Å²) in [5.41, 5.74) is 2.51. The maximum Gasteiger partial charge on any atom is 0.232 e. The van der Waals surface area contributed by atoms with Crippen molar-refractivity contribution in [1.82, 2.24) is 24.8 Å². The van der Waals surface area contributed by atoms with Gasteiger partial charge in [-0.2, -0.15) is 9.97 Å². The summed E-state index contributed by atoms with van der Waals surface area (Å²) in [6, 6.07) is 8.25. The van der Waals surface area contributed by atoms with Gasteiger partial charge in [0.05, 0.1) is 17.0 Å². The van der Waals surface area contributed by atoms with Crippen molar-refractivity contribution in [3.63, 3.8) is 0 Å². The predicted molar refractivity (Wildman–Crippen MR) is 121 cm³/mol. The molecule has 1 saturated heterocycles. The van der Waals surface area contributed by atoms with Crippen LogP contribution in [-0.4, -0.2) is 37.7 Å². The van der Waals surface area contributed by atoms with Crippen LogP contribution in [0.2, 0.25) is 5.28 Å². The lowest BCUT2D eigenvalue weighted by Crippen LogP contribution is -2.27. The Morgan fingerprint density at radius 3 is 3.04 bits per heavy atom. The number of nitrogens with one attached hydrogen (secondary N) is 2. The molecule has 0 radical (unpaired) electrons. The van der Waals surface area contributed by atoms with Crippen molar-refractivity contribution in [3.05, 3.63) is 45.0 Å². The lowest BCUT2D eigenvalue weighted by Gasteiger charge is -2.13. The Labute approximate surface area is 185 Å². The Bertz CT molecular complexity index is 1030. The van der Waals surface area contributed by atoms with Crippen LogP contribution in [0.4, 0.5) is 5.82 Å². The number of carbonyl (C=O) groups excluding carboxylic acids is 1. The maximum atomic E-state index is 11.9. The molecule has 28 heavy (non-hydrogen) atoms. The molecule has 3 heterocycles. The van der Waals surface area contributed by atoms with Gasteiger partial charge in [-0.05, 0) is 64.7 Å². The molecule has 3 aromatic rings. The number of aromatic nitrogens is 4. The lowest BCUT2D eigenvalue weighted by atomic mass is 10.2. The molecule has 7 nitrogen and oxygen atoms in total. The first kappa shape index (κ1) is 19.7. The number of nitrogens with zero attached hydrogens (tertiary/aromatic N) is 4. The summed E-state index contributed by atoms with van der Waals surface area (Å²) in [5, 5.41) is 6.27. The fourth-order valence-electron chi connectivity index (χ4n) is 3.23. The number of fused-ring (bicyclic) bond motifs is 1. The third kappa shape index (κ3) is 4.06. The highest BCUT2D eigenvalue weighted by molar-refractivity contribution is 14.1. The number of carbonyl (C=O) groups is 1. The molecule has 2 N–H and O–H groups in total. The van der Waals surface area contributed by atoms with E-state index in [1.165, 1.54) is 3.57 Å². The van der Waals surface area contributed by atoms with Crippen LogP contribution in [0.25, 0.3) is 11.2 Å². The second kappa shape index (κ2) is 8.42. The monoisotopic (exact) mass is 528 g/mol. The molecule has 0 spiro atoms. The SMILES string of the molecule is CNC(=O)C1CCC(n2cnc3c(NCc4cccc(I)c4)nc(Cl)nc32)S1. The molecule has 1 fully saturated rings. The van der Waals surface area contributed by atoms with E-state index in [0.29, 0.717) is 23.5 Å². The average Bonchev–Trinajstić information content (AvgIpc) is 3.32. The largest absolute Gasteiger partial charge is 0.364 e. The summed E-state index contributed by atoms with van der Waals surface area (Å²) in [5.74, 6) is 0.669. The number of thioether (sulfide) groups is 1. The van der Waals surface area contributed by atoms with Crippen LogP contribution in [0.5, 0.6) is 0 Å². The van der Waals surface area contributed by atoms with Crippen molar-refractivity contribution in [3.8, 4) is 0 Å². The van der Waals surface area contributed by atoms with Crippen molar-refractivity contribution >= 4 is 68.8 Å². The fourth-order valence-corrected chi connectivity index (χ4v) is 5.46. The molecule has 2 aromatic heterocycles. The number of hydrogen-bond acceptors (Lipinski definition) is 6. The van der Waals surface area contributed by atoms with Gasteiger partial charge in [0, 0.05) is 17.2 Å². The molecule has 10 heteroatoms. The zero-order valence-corrected chi connectivity index (χ0v) is 18.8. The van der Waals surface area contributed by atoms with E-state index < -0.39 is 0 Å². The van der Waals surface area contributed by atoms with E-state index in [1.807, 2.05) is 10.6 Å². The van der Waals surface area contributed by atoms with Crippen molar-refractivity contribution in [2.75, 3.05) is 12.4 Å². The molecule has 4 rings (SSSR count). The van der Waals surface area contributed by atoms with Crippen LogP contribution in [0.1, 0.15) is 23.8 Å².